The highest BCUT2D eigenvalue weighted by atomic mass is 32.2. The van der Waals surface area contributed by atoms with Crippen LogP contribution in [0, 0.1) is 18.7 Å². The summed E-state index contributed by atoms with van der Waals surface area (Å²) in [4.78, 5) is 13.7. The molecule has 2 atom stereocenters. The van der Waals surface area contributed by atoms with Gasteiger partial charge < -0.3 is 15.4 Å². The fourth-order valence-corrected chi connectivity index (χ4v) is 7.70. The van der Waals surface area contributed by atoms with Crippen LogP contribution in [0.1, 0.15) is 51.0 Å². The lowest BCUT2D eigenvalue weighted by atomic mass is 9.98. The van der Waals surface area contributed by atoms with Crippen molar-refractivity contribution in [2.75, 3.05) is 23.1 Å². The van der Waals surface area contributed by atoms with Crippen LogP contribution in [0.25, 0.3) is 22.0 Å². The molecule has 0 unspecified atom stereocenters. The summed E-state index contributed by atoms with van der Waals surface area (Å²) in [5.74, 6) is 1.24. The standard InChI is InChI=1S/C32H37FN6O3S/c1-20-17-22(19-34-18-20)37-32-36-16-14-28(38-32)26-9-6-15-35-31(26)42-30-21(2)10-11-24-25(30)12-13-27(33)29(24)39-43(40,41)23-7-4-3-5-8-23/h6,9-16,20,22-23,34,39H,3-5,7-8,17-19H2,1-2H3,(H,36,37,38)/t20-,22+/m1/s1. The second kappa shape index (κ2) is 12.4. The lowest BCUT2D eigenvalue weighted by Crippen LogP contribution is -2.42. The summed E-state index contributed by atoms with van der Waals surface area (Å²) in [5.41, 5.74) is 2.04. The van der Waals surface area contributed by atoms with Gasteiger partial charge in [-0.2, -0.15) is 0 Å². The molecule has 0 spiro atoms. The fourth-order valence-electron chi connectivity index (χ4n) is 6.09. The van der Waals surface area contributed by atoms with Gasteiger partial charge in [0.15, 0.2) is 0 Å². The molecule has 6 rings (SSSR count). The molecule has 1 saturated heterocycles. The van der Waals surface area contributed by atoms with Crippen molar-refractivity contribution in [3.8, 4) is 22.9 Å². The number of aromatic nitrogens is 3. The Kier molecular flexibility index (Phi) is 8.45. The highest BCUT2D eigenvalue weighted by Crippen LogP contribution is 2.40. The van der Waals surface area contributed by atoms with E-state index in [9.17, 15) is 8.42 Å². The molecular formula is C32H37FN6O3S. The van der Waals surface area contributed by atoms with Gasteiger partial charge in [0, 0.05) is 35.8 Å². The van der Waals surface area contributed by atoms with E-state index in [1.165, 1.54) is 6.07 Å². The lowest BCUT2D eigenvalue weighted by Gasteiger charge is -2.28. The van der Waals surface area contributed by atoms with Gasteiger partial charge in [-0.15, -0.1) is 0 Å². The summed E-state index contributed by atoms with van der Waals surface area (Å²) in [6.07, 6.45) is 8.26. The van der Waals surface area contributed by atoms with Crippen LogP contribution in [0.3, 0.4) is 0 Å². The number of hydrogen-bond acceptors (Lipinski definition) is 8. The quantitative estimate of drug-likeness (QED) is 0.211. The smallest absolute Gasteiger partial charge is 0.235 e. The van der Waals surface area contributed by atoms with Crippen LogP contribution in [0.4, 0.5) is 16.0 Å². The van der Waals surface area contributed by atoms with E-state index in [2.05, 4.69) is 32.2 Å². The van der Waals surface area contributed by atoms with Crippen LogP contribution >= 0.6 is 0 Å². The van der Waals surface area contributed by atoms with Crippen LogP contribution < -0.4 is 20.1 Å². The highest BCUT2D eigenvalue weighted by Gasteiger charge is 2.29. The molecule has 1 aliphatic heterocycles. The second-order valence-electron chi connectivity index (χ2n) is 11.7. The van der Waals surface area contributed by atoms with Crippen molar-refractivity contribution in [2.24, 2.45) is 5.92 Å². The number of hydrogen-bond donors (Lipinski definition) is 3. The van der Waals surface area contributed by atoms with Gasteiger partial charge in [0.25, 0.3) is 0 Å². The van der Waals surface area contributed by atoms with E-state index in [0.29, 0.717) is 58.4 Å². The molecule has 0 radical (unpaired) electrons. The van der Waals surface area contributed by atoms with E-state index in [4.69, 9.17) is 9.72 Å². The van der Waals surface area contributed by atoms with Gasteiger partial charge in [-0.3, -0.25) is 4.72 Å². The Morgan fingerprint density at radius 3 is 2.60 bits per heavy atom. The number of anilines is 2. The highest BCUT2D eigenvalue weighted by molar-refractivity contribution is 7.93. The van der Waals surface area contributed by atoms with Crippen LogP contribution in [0.5, 0.6) is 11.6 Å². The number of rotatable bonds is 8. The minimum absolute atomic E-state index is 0.0628. The van der Waals surface area contributed by atoms with Gasteiger partial charge in [0.05, 0.1) is 22.2 Å². The molecule has 2 fully saturated rings. The summed E-state index contributed by atoms with van der Waals surface area (Å²) >= 11 is 0. The lowest BCUT2D eigenvalue weighted by molar-refractivity contribution is 0.377. The Balaban J connectivity index is 1.32. The topological polar surface area (TPSA) is 118 Å². The maximum atomic E-state index is 15.2. The number of ether oxygens (including phenoxy) is 1. The number of nitrogens with zero attached hydrogens (tertiary/aromatic N) is 3. The number of halogens is 1. The molecule has 1 aliphatic carbocycles. The largest absolute Gasteiger partial charge is 0.437 e. The predicted octanol–water partition coefficient (Wildman–Crippen LogP) is 6.42. The van der Waals surface area contributed by atoms with Crippen molar-refractivity contribution in [1.29, 1.82) is 0 Å². The number of aryl methyl sites for hydroxylation is 1. The first-order valence-corrected chi connectivity index (χ1v) is 16.5. The predicted molar refractivity (Wildman–Crippen MR) is 167 cm³/mol. The van der Waals surface area contributed by atoms with Crippen molar-refractivity contribution >= 4 is 32.4 Å². The molecule has 2 aromatic carbocycles. The second-order valence-corrected chi connectivity index (χ2v) is 13.7. The summed E-state index contributed by atoms with van der Waals surface area (Å²) in [6.45, 7) is 5.96. The van der Waals surface area contributed by atoms with Crippen molar-refractivity contribution in [1.82, 2.24) is 20.3 Å². The third kappa shape index (κ3) is 6.42. The Bertz CT molecular complexity index is 1730. The van der Waals surface area contributed by atoms with Crippen molar-refractivity contribution in [3.05, 3.63) is 66.2 Å². The molecule has 2 aromatic heterocycles. The van der Waals surface area contributed by atoms with Gasteiger partial charge in [-0.1, -0.05) is 38.3 Å². The van der Waals surface area contributed by atoms with Crippen LogP contribution in [0.15, 0.2) is 54.9 Å². The average Bonchev–Trinajstić information content (AvgIpc) is 3.01. The Hall–Kier alpha value is -3.83. The molecule has 1 saturated carbocycles. The first-order chi connectivity index (χ1) is 20.8. The van der Waals surface area contributed by atoms with E-state index in [0.717, 1.165) is 44.3 Å². The summed E-state index contributed by atoms with van der Waals surface area (Å²) in [7, 11) is -3.76. The van der Waals surface area contributed by atoms with E-state index in [1.807, 2.05) is 19.1 Å². The minimum Gasteiger partial charge on any atom is -0.437 e. The number of benzene rings is 2. The Morgan fingerprint density at radius 1 is 0.977 bits per heavy atom. The maximum absolute atomic E-state index is 15.2. The third-order valence-corrected chi connectivity index (χ3v) is 10.2. The number of nitrogens with one attached hydrogen (secondary N) is 3. The molecule has 43 heavy (non-hydrogen) atoms. The molecule has 2 aliphatic rings. The number of piperidine rings is 1. The third-order valence-electron chi connectivity index (χ3n) is 8.34. The number of sulfonamides is 1. The summed E-state index contributed by atoms with van der Waals surface area (Å²) < 4.78 is 50.7. The molecule has 4 aromatic rings. The van der Waals surface area contributed by atoms with E-state index < -0.39 is 21.1 Å². The van der Waals surface area contributed by atoms with Crippen LogP contribution in [0.2, 0.25) is 0 Å². The van der Waals surface area contributed by atoms with Crippen LogP contribution in [-0.4, -0.2) is 47.8 Å². The van der Waals surface area contributed by atoms with E-state index >= 15 is 4.39 Å². The zero-order valence-electron chi connectivity index (χ0n) is 24.4. The molecule has 3 heterocycles. The van der Waals surface area contributed by atoms with Gasteiger partial charge in [-0.05, 0) is 74.5 Å². The molecular weight excluding hydrogens is 567 g/mol. The fraction of sp³-hybridized carbons (Fsp3) is 0.406. The van der Waals surface area contributed by atoms with E-state index in [-0.39, 0.29) is 11.7 Å². The Morgan fingerprint density at radius 2 is 1.79 bits per heavy atom. The van der Waals surface area contributed by atoms with Crippen molar-refractivity contribution in [3.63, 3.8) is 0 Å². The molecule has 0 bridgehead atoms. The zero-order chi connectivity index (χ0) is 30.0. The van der Waals surface area contributed by atoms with Crippen molar-refractivity contribution < 1.29 is 17.5 Å². The molecule has 11 heteroatoms. The zero-order valence-corrected chi connectivity index (χ0v) is 25.3. The number of fused-ring (bicyclic) bond motifs is 1. The molecule has 3 N–H and O–H groups in total. The SMILES string of the molecule is Cc1ccc2c(NS(=O)(=O)C3CCCCC3)c(F)ccc2c1Oc1ncccc1-c1ccnc(N[C@@H]2CNC[C@H](C)C2)n1. The first kappa shape index (κ1) is 29.3. The van der Waals surface area contributed by atoms with E-state index in [1.54, 1.807) is 36.7 Å². The van der Waals surface area contributed by atoms with Gasteiger partial charge in [0.2, 0.25) is 21.9 Å². The van der Waals surface area contributed by atoms with Gasteiger partial charge >= 0.3 is 0 Å². The van der Waals surface area contributed by atoms with Gasteiger partial charge in [-0.25, -0.2) is 27.8 Å². The number of pyridine rings is 1. The normalized spacial score (nSPS) is 19.7. The molecule has 9 nitrogen and oxygen atoms in total. The molecule has 0 amide bonds. The van der Waals surface area contributed by atoms with Crippen LogP contribution in [-0.2, 0) is 10.0 Å². The monoisotopic (exact) mass is 604 g/mol. The maximum Gasteiger partial charge on any atom is 0.235 e. The summed E-state index contributed by atoms with van der Waals surface area (Å²) in [5, 5.41) is 7.34. The average molecular weight is 605 g/mol. The van der Waals surface area contributed by atoms with Gasteiger partial charge in [0.1, 0.15) is 11.6 Å². The minimum atomic E-state index is -3.76. The van der Waals surface area contributed by atoms with Crippen molar-refractivity contribution in [2.45, 2.75) is 63.7 Å². The summed E-state index contributed by atoms with van der Waals surface area (Å²) in [6, 6.07) is 12.1. The molecule has 226 valence electrons. The Labute approximate surface area is 251 Å². The first-order valence-electron chi connectivity index (χ1n) is 15.0.